The number of rotatable bonds is 5. The van der Waals surface area contributed by atoms with Gasteiger partial charge in [-0.15, -0.1) is 11.3 Å². The van der Waals surface area contributed by atoms with Crippen LogP contribution < -0.4 is 10.6 Å². The molecule has 4 rings (SSSR count). The SMILES string of the molecule is O=C(Nc1ccccc1-n1cncn1)NC(c1cccs1)C1CCCC1. The van der Waals surface area contributed by atoms with Crippen LogP contribution in [0, 0.1) is 5.92 Å². The molecule has 1 fully saturated rings. The van der Waals surface area contributed by atoms with Gasteiger partial charge < -0.3 is 10.6 Å². The largest absolute Gasteiger partial charge is 0.330 e. The summed E-state index contributed by atoms with van der Waals surface area (Å²) in [5.41, 5.74) is 1.49. The Morgan fingerprint density at radius 2 is 2.04 bits per heavy atom. The molecule has 0 bridgehead atoms. The number of thiophene rings is 1. The number of nitrogens with zero attached hydrogens (tertiary/aromatic N) is 3. The zero-order valence-corrected chi connectivity index (χ0v) is 15.2. The fourth-order valence-electron chi connectivity index (χ4n) is 3.59. The van der Waals surface area contributed by atoms with Crippen molar-refractivity contribution >= 4 is 23.1 Å². The fourth-order valence-corrected chi connectivity index (χ4v) is 4.46. The Morgan fingerprint density at radius 1 is 1.19 bits per heavy atom. The van der Waals surface area contributed by atoms with E-state index in [2.05, 4.69) is 32.2 Å². The maximum atomic E-state index is 12.7. The Hall–Kier alpha value is -2.67. The first-order chi connectivity index (χ1) is 12.8. The van der Waals surface area contributed by atoms with E-state index in [4.69, 9.17) is 0 Å². The van der Waals surface area contributed by atoms with Gasteiger partial charge in [0.05, 0.1) is 17.4 Å². The molecule has 2 N–H and O–H groups in total. The fraction of sp³-hybridized carbons (Fsp3) is 0.316. The summed E-state index contributed by atoms with van der Waals surface area (Å²) < 4.78 is 1.64. The van der Waals surface area contributed by atoms with Gasteiger partial charge in [0.25, 0.3) is 0 Å². The molecule has 0 aliphatic heterocycles. The third-order valence-electron chi connectivity index (χ3n) is 4.83. The van der Waals surface area contributed by atoms with E-state index in [9.17, 15) is 4.79 Å². The van der Waals surface area contributed by atoms with Crippen molar-refractivity contribution in [1.82, 2.24) is 20.1 Å². The summed E-state index contributed by atoms with van der Waals surface area (Å²) in [6.07, 6.45) is 7.90. The van der Waals surface area contributed by atoms with Crippen LogP contribution in [-0.4, -0.2) is 20.8 Å². The summed E-state index contributed by atoms with van der Waals surface area (Å²) >= 11 is 1.70. The molecule has 2 aromatic heterocycles. The number of aromatic nitrogens is 3. The van der Waals surface area contributed by atoms with Crippen LogP contribution in [-0.2, 0) is 0 Å². The van der Waals surface area contributed by atoms with E-state index >= 15 is 0 Å². The van der Waals surface area contributed by atoms with Crippen molar-refractivity contribution < 1.29 is 4.79 Å². The summed E-state index contributed by atoms with van der Waals surface area (Å²) in [4.78, 5) is 17.9. The average molecular weight is 367 g/mol. The quantitative estimate of drug-likeness (QED) is 0.703. The lowest BCUT2D eigenvalue weighted by Gasteiger charge is -2.24. The summed E-state index contributed by atoms with van der Waals surface area (Å²) in [5, 5.41) is 12.4. The highest BCUT2D eigenvalue weighted by Crippen LogP contribution is 2.37. The second-order valence-electron chi connectivity index (χ2n) is 6.49. The van der Waals surface area contributed by atoms with E-state index in [0.29, 0.717) is 11.6 Å². The Bertz CT molecular complexity index is 841. The standard InChI is InChI=1S/C19H21N5OS/c25-19(22-15-8-3-4-9-16(15)24-13-20-12-21-24)23-18(14-6-1-2-7-14)17-10-5-11-26-17/h3-5,8-14,18H,1-2,6-7H2,(H2,22,23,25). The molecule has 2 heterocycles. The van der Waals surface area contributed by atoms with Gasteiger partial charge in [-0.3, -0.25) is 0 Å². The van der Waals surface area contributed by atoms with Gasteiger partial charge in [0.15, 0.2) is 0 Å². The number of hydrogen-bond donors (Lipinski definition) is 2. The van der Waals surface area contributed by atoms with Crippen LogP contribution in [0.25, 0.3) is 5.69 Å². The summed E-state index contributed by atoms with van der Waals surface area (Å²) in [7, 11) is 0. The smallest absolute Gasteiger partial charge is 0.319 e. The lowest BCUT2D eigenvalue weighted by molar-refractivity contribution is 0.243. The van der Waals surface area contributed by atoms with E-state index in [1.807, 2.05) is 30.3 Å². The van der Waals surface area contributed by atoms with Gasteiger partial charge in [-0.05, 0) is 42.3 Å². The van der Waals surface area contributed by atoms with E-state index in [1.54, 1.807) is 22.3 Å². The second kappa shape index (κ2) is 7.70. The van der Waals surface area contributed by atoms with E-state index in [-0.39, 0.29) is 12.1 Å². The predicted molar refractivity (Wildman–Crippen MR) is 103 cm³/mol. The van der Waals surface area contributed by atoms with Gasteiger partial charge in [0, 0.05) is 4.88 Å². The van der Waals surface area contributed by atoms with Gasteiger partial charge >= 0.3 is 6.03 Å². The van der Waals surface area contributed by atoms with Crippen LogP contribution in [0.2, 0.25) is 0 Å². The minimum Gasteiger partial charge on any atom is -0.330 e. The van der Waals surface area contributed by atoms with Gasteiger partial charge in [0.1, 0.15) is 12.7 Å². The molecular weight excluding hydrogens is 346 g/mol. The van der Waals surface area contributed by atoms with Crippen molar-refractivity contribution in [3.63, 3.8) is 0 Å². The van der Waals surface area contributed by atoms with Crippen LogP contribution >= 0.6 is 11.3 Å². The average Bonchev–Trinajstić information content (AvgIpc) is 3.44. The summed E-state index contributed by atoms with van der Waals surface area (Å²) in [6.45, 7) is 0. The molecule has 1 unspecified atom stereocenters. The number of hydrogen-bond acceptors (Lipinski definition) is 4. The number of benzene rings is 1. The molecule has 3 aromatic rings. The zero-order valence-electron chi connectivity index (χ0n) is 14.3. The van der Waals surface area contributed by atoms with Crippen molar-refractivity contribution in [2.24, 2.45) is 5.92 Å². The molecule has 0 radical (unpaired) electrons. The van der Waals surface area contributed by atoms with Crippen LogP contribution in [0.3, 0.4) is 0 Å². The lowest BCUT2D eigenvalue weighted by Crippen LogP contribution is -2.35. The van der Waals surface area contributed by atoms with Crippen molar-refractivity contribution in [1.29, 1.82) is 0 Å². The molecule has 6 nitrogen and oxygen atoms in total. The summed E-state index contributed by atoms with van der Waals surface area (Å²) in [5.74, 6) is 0.505. The molecule has 0 spiro atoms. The number of amides is 2. The zero-order chi connectivity index (χ0) is 17.8. The molecule has 1 aliphatic rings. The van der Waals surface area contributed by atoms with Gasteiger partial charge in [-0.1, -0.05) is 31.0 Å². The van der Waals surface area contributed by atoms with Crippen LogP contribution in [0.1, 0.15) is 36.6 Å². The van der Waals surface area contributed by atoms with E-state index in [0.717, 1.165) is 5.69 Å². The third kappa shape index (κ3) is 3.62. The van der Waals surface area contributed by atoms with Crippen molar-refractivity contribution in [2.75, 3.05) is 5.32 Å². The van der Waals surface area contributed by atoms with Gasteiger partial charge in [-0.2, -0.15) is 5.10 Å². The number of carbonyl (C=O) groups excluding carboxylic acids is 1. The minimum atomic E-state index is -0.192. The minimum absolute atomic E-state index is 0.0658. The predicted octanol–water partition coefficient (Wildman–Crippen LogP) is 4.38. The van der Waals surface area contributed by atoms with Gasteiger partial charge in [-0.25, -0.2) is 14.5 Å². The molecule has 1 saturated carbocycles. The Balaban J connectivity index is 1.51. The third-order valence-corrected chi connectivity index (χ3v) is 5.78. The summed E-state index contributed by atoms with van der Waals surface area (Å²) in [6, 6.07) is 11.6. The maximum absolute atomic E-state index is 12.7. The molecular formula is C19H21N5OS. The highest BCUT2D eigenvalue weighted by Gasteiger charge is 2.28. The first-order valence-corrected chi connectivity index (χ1v) is 9.74. The molecule has 7 heteroatoms. The highest BCUT2D eigenvalue weighted by molar-refractivity contribution is 7.10. The van der Waals surface area contributed by atoms with Gasteiger partial charge in [0.2, 0.25) is 0 Å². The molecule has 1 aliphatic carbocycles. The van der Waals surface area contributed by atoms with Crippen LogP contribution in [0.4, 0.5) is 10.5 Å². The van der Waals surface area contributed by atoms with E-state index < -0.39 is 0 Å². The number of nitrogens with one attached hydrogen (secondary N) is 2. The normalized spacial score (nSPS) is 15.7. The molecule has 134 valence electrons. The molecule has 2 amide bonds. The van der Waals surface area contributed by atoms with Crippen LogP contribution in [0.15, 0.2) is 54.4 Å². The number of carbonyl (C=O) groups is 1. The monoisotopic (exact) mass is 367 g/mol. The second-order valence-corrected chi connectivity index (χ2v) is 7.47. The first kappa shape index (κ1) is 16.8. The molecule has 1 aromatic carbocycles. The Kier molecular flexibility index (Phi) is 4.97. The first-order valence-electron chi connectivity index (χ1n) is 8.86. The topological polar surface area (TPSA) is 71.8 Å². The molecule has 1 atom stereocenters. The number of anilines is 1. The Morgan fingerprint density at radius 3 is 2.77 bits per heavy atom. The van der Waals surface area contributed by atoms with Crippen molar-refractivity contribution in [2.45, 2.75) is 31.7 Å². The van der Waals surface area contributed by atoms with Crippen LogP contribution in [0.5, 0.6) is 0 Å². The van der Waals surface area contributed by atoms with Crippen molar-refractivity contribution in [3.05, 3.63) is 59.3 Å². The maximum Gasteiger partial charge on any atom is 0.319 e. The number of para-hydroxylation sites is 2. The Labute approximate surface area is 156 Å². The molecule has 26 heavy (non-hydrogen) atoms. The molecule has 0 saturated heterocycles. The number of urea groups is 1. The highest BCUT2D eigenvalue weighted by atomic mass is 32.1. The lowest BCUT2D eigenvalue weighted by atomic mass is 9.97. The van der Waals surface area contributed by atoms with E-state index in [1.165, 1.54) is 36.9 Å². The van der Waals surface area contributed by atoms with Crippen molar-refractivity contribution in [3.8, 4) is 5.69 Å².